The normalized spacial score (nSPS) is 9.95. The fourth-order valence-electron chi connectivity index (χ4n) is 1.52. The summed E-state index contributed by atoms with van der Waals surface area (Å²) in [6.07, 6.45) is 0. The number of carbonyl (C=O) groups is 2. The zero-order chi connectivity index (χ0) is 14.6. The number of thiocarbonyl (C=S) groups is 1. The predicted octanol–water partition coefficient (Wildman–Crippen LogP) is -0.763. The average Bonchev–Trinajstić information content (AvgIpc) is 2.26. The van der Waals surface area contributed by atoms with Crippen molar-refractivity contribution in [3.63, 3.8) is 0 Å². The molecule has 0 heterocycles. The molecule has 6 N–H and O–H groups in total. The highest BCUT2D eigenvalue weighted by Crippen LogP contribution is 2.18. The standard InChI is InChI=1S/C11H13FN4O2S/c12-8-3-6(1-2-7(8)11(15)19)16(4-9(13)17)5-10(14)18/h1-3H,4-5H2,(H2,13,17)(H2,14,18)(H2,15,19). The predicted molar refractivity (Wildman–Crippen MR) is 72.9 cm³/mol. The highest BCUT2D eigenvalue weighted by molar-refractivity contribution is 7.80. The number of carbonyl (C=O) groups excluding carboxylic acids is 2. The minimum absolute atomic E-state index is 0.0804. The first kappa shape index (κ1) is 14.8. The molecule has 8 heteroatoms. The van der Waals surface area contributed by atoms with Gasteiger partial charge in [-0.2, -0.15) is 0 Å². The Labute approximate surface area is 114 Å². The van der Waals surface area contributed by atoms with E-state index in [1.807, 2.05) is 0 Å². The third-order valence-electron chi connectivity index (χ3n) is 2.28. The number of halogens is 1. The van der Waals surface area contributed by atoms with E-state index in [0.717, 1.165) is 6.07 Å². The van der Waals surface area contributed by atoms with Crippen molar-refractivity contribution in [1.82, 2.24) is 0 Å². The quantitative estimate of drug-likeness (QED) is 0.594. The number of benzene rings is 1. The van der Waals surface area contributed by atoms with Gasteiger partial charge >= 0.3 is 0 Å². The number of rotatable bonds is 6. The average molecular weight is 284 g/mol. The van der Waals surface area contributed by atoms with Gasteiger partial charge in [-0.1, -0.05) is 12.2 Å². The van der Waals surface area contributed by atoms with E-state index < -0.39 is 17.6 Å². The van der Waals surface area contributed by atoms with Gasteiger partial charge in [0.1, 0.15) is 10.8 Å². The van der Waals surface area contributed by atoms with Crippen molar-refractivity contribution in [1.29, 1.82) is 0 Å². The maximum absolute atomic E-state index is 13.7. The molecule has 1 aromatic rings. The van der Waals surface area contributed by atoms with E-state index >= 15 is 0 Å². The van der Waals surface area contributed by atoms with Gasteiger partial charge in [0.15, 0.2) is 0 Å². The SMILES string of the molecule is NC(=O)CN(CC(N)=O)c1ccc(C(N)=S)c(F)c1. The Morgan fingerprint density at radius 1 is 1.16 bits per heavy atom. The summed E-state index contributed by atoms with van der Waals surface area (Å²) in [7, 11) is 0. The zero-order valence-corrected chi connectivity index (χ0v) is 10.7. The molecule has 0 fully saturated rings. The van der Waals surface area contributed by atoms with Crippen molar-refractivity contribution in [3.8, 4) is 0 Å². The van der Waals surface area contributed by atoms with Crippen molar-refractivity contribution in [2.75, 3.05) is 18.0 Å². The van der Waals surface area contributed by atoms with E-state index in [1.165, 1.54) is 17.0 Å². The number of anilines is 1. The molecule has 0 saturated heterocycles. The maximum Gasteiger partial charge on any atom is 0.236 e. The Balaban J connectivity index is 3.08. The monoisotopic (exact) mass is 284 g/mol. The molecule has 2 amide bonds. The fourth-order valence-corrected chi connectivity index (χ4v) is 1.68. The number of nitrogens with zero attached hydrogens (tertiary/aromatic N) is 1. The molecule has 0 aliphatic rings. The molecule has 0 bridgehead atoms. The second-order valence-electron chi connectivity index (χ2n) is 3.82. The van der Waals surface area contributed by atoms with Crippen LogP contribution in [-0.2, 0) is 9.59 Å². The number of nitrogens with two attached hydrogens (primary N) is 3. The minimum Gasteiger partial charge on any atom is -0.389 e. The molecule has 102 valence electrons. The van der Waals surface area contributed by atoms with Gasteiger partial charge in [0.05, 0.1) is 13.1 Å². The lowest BCUT2D eigenvalue weighted by Crippen LogP contribution is -2.39. The molecule has 6 nitrogen and oxygen atoms in total. The molecule has 0 atom stereocenters. The number of hydrogen-bond donors (Lipinski definition) is 3. The molecule has 0 aliphatic carbocycles. The second kappa shape index (κ2) is 6.10. The lowest BCUT2D eigenvalue weighted by Gasteiger charge is -2.22. The highest BCUT2D eigenvalue weighted by Gasteiger charge is 2.14. The maximum atomic E-state index is 13.7. The third kappa shape index (κ3) is 4.18. The van der Waals surface area contributed by atoms with E-state index in [4.69, 9.17) is 17.2 Å². The Hall–Kier alpha value is -2.22. The molecule has 0 radical (unpaired) electrons. The van der Waals surface area contributed by atoms with Crippen molar-refractivity contribution < 1.29 is 14.0 Å². The van der Waals surface area contributed by atoms with Crippen LogP contribution in [0.15, 0.2) is 18.2 Å². The van der Waals surface area contributed by atoms with Gasteiger partial charge in [0.2, 0.25) is 11.8 Å². The van der Waals surface area contributed by atoms with Crippen LogP contribution >= 0.6 is 12.2 Å². The lowest BCUT2D eigenvalue weighted by atomic mass is 10.1. The fraction of sp³-hybridized carbons (Fsp3) is 0.182. The number of hydrogen-bond acceptors (Lipinski definition) is 4. The molecule has 1 aromatic carbocycles. The van der Waals surface area contributed by atoms with Gasteiger partial charge in [-0.25, -0.2) is 4.39 Å². The van der Waals surface area contributed by atoms with E-state index in [2.05, 4.69) is 12.2 Å². The molecular formula is C11H13FN4O2S. The summed E-state index contributed by atoms with van der Waals surface area (Å²) in [6.45, 7) is -0.510. The first-order valence-electron chi connectivity index (χ1n) is 5.22. The first-order chi connectivity index (χ1) is 8.81. The number of amides is 2. The molecule has 0 spiro atoms. The van der Waals surface area contributed by atoms with Crippen LogP contribution in [0.5, 0.6) is 0 Å². The largest absolute Gasteiger partial charge is 0.389 e. The van der Waals surface area contributed by atoms with Crippen LogP contribution in [0, 0.1) is 5.82 Å². The van der Waals surface area contributed by atoms with Crippen LogP contribution in [0.25, 0.3) is 0 Å². The number of primary amides is 2. The summed E-state index contributed by atoms with van der Waals surface area (Å²) in [5, 5.41) is 0. The molecule has 1 rings (SSSR count). The van der Waals surface area contributed by atoms with Gasteiger partial charge in [0.25, 0.3) is 0 Å². The lowest BCUT2D eigenvalue weighted by molar-refractivity contribution is -0.117. The van der Waals surface area contributed by atoms with Gasteiger partial charge in [-0.3, -0.25) is 9.59 Å². The highest BCUT2D eigenvalue weighted by atomic mass is 32.1. The molecule has 0 saturated carbocycles. The van der Waals surface area contributed by atoms with E-state index in [1.54, 1.807) is 0 Å². The Bertz CT molecular complexity index is 519. The van der Waals surface area contributed by atoms with Crippen molar-refractivity contribution in [2.24, 2.45) is 17.2 Å². The van der Waals surface area contributed by atoms with Gasteiger partial charge in [-0.05, 0) is 18.2 Å². The van der Waals surface area contributed by atoms with Crippen LogP contribution in [0.4, 0.5) is 10.1 Å². The summed E-state index contributed by atoms with van der Waals surface area (Å²) in [4.78, 5) is 23.0. The summed E-state index contributed by atoms with van der Waals surface area (Å²) >= 11 is 4.67. The van der Waals surface area contributed by atoms with Crippen LogP contribution in [0.3, 0.4) is 0 Å². The topological polar surface area (TPSA) is 115 Å². The van der Waals surface area contributed by atoms with Gasteiger partial charge in [-0.15, -0.1) is 0 Å². The third-order valence-corrected chi connectivity index (χ3v) is 2.50. The summed E-state index contributed by atoms with van der Waals surface area (Å²) in [6, 6.07) is 3.95. The van der Waals surface area contributed by atoms with E-state index in [9.17, 15) is 14.0 Å². The smallest absolute Gasteiger partial charge is 0.236 e. The van der Waals surface area contributed by atoms with Crippen LogP contribution in [-0.4, -0.2) is 29.9 Å². The molecule has 19 heavy (non-hydrogen) atoms. The zero-order valence-electron chi connectivity index (χ0n) is 9.93. The second-order valence-corrected chi connectivity index (χ2v) is 4.26. The van der Waals surface area contributed by atoms with Crippen LogP contribution in [0.2, 0.25) is 0 Å². The Kier molecular flexibility index (Phi) is 4.76. The van der Waals surface area contributed by atoms with Crippen molar-refractivity contribution >= 4 is 34.7 Å². The van der Waals surface area contributed by atoms with E-state index in [-0.39, 0.29) is 29.3 Å². The summed E-state index contributed by atoms with van der Waals surface area (Å²) < 4.78 is 13.7. The van der Waals surface area contributed by atoms with Crippen molar-refractivity contribution in [3.05, 3.63) is 29.6 Å². The van der Waals surface area contributed by atoms with Crippen LogP contribution in [0.1, 0.15) is 5.56 Å². The molecular weight excluding hydrogens is 271 g/mol. The van der Waals surface area contributed by atoms with Crippen molar-refractivity contribution in [2.45, 2.75) is 0 Å². The first-order valence-corrected chi connectivity index (χ1v) is 5.63. The van der Waals surface area contributed by atoms with Gasteiger partial charge in [0, 0.05) is 11.3 Å². The van der Waals surface area contributed by atoms with Gasteiger partial charge < -0.3 is 22.1 Å². The Morgan fingerprint density at radius 3 is 2.05 bits per heavy atom. The van der Waals surface area contributed by atoms with Crippen LogP contribution < -0.4 is 22.1 Å². The minimum atomic E-state index is -0.667. The molecule has 0 aromatic heterocycles. The van der Waals surface area contributed by atoms with E-state index in [0.29, 0.717) is 0 Å². The molecule has 0 aliphatic heterocycles. The molecule has 0 unspecified atom stereocenters. The Morgan fingerprint density at radius 2 is 1.68 bits per heavy atom. The summed E-state index contributed by atoms with van der Waals surface area (Å²) in [5.41, 5.74) is 15.8. The summed E-state index contributed by atoms with van der Waals surface area (Å²) in [5.74, 6) is -1.98.